The Labute approximate surface area is 163 Å². The molecule has 0 aliphatic rings. The SMILES string of the molecule is COc1ccc(CN=C(N)NS(=O)(=O)c2ccc3ccccc3c2)c(OC)c1. The van der Waals surface area contributed by atoms with Crippen molar-refractivity contribution >= 4 is 26.8 Å². The minimum atomic E-state index is -3.84. The minimum Gasteiger partial charge on any atom is -0.497 e. The Hall–Kier alpha value is -3.26. The van der Waals surface area contributed by atoms with E-state index < -0.39 is 10.0 Å². The second-order valence-corrected chi connectivity index (χ2v) is 7.68. The number of hydrogen-bond donors (Lipinski definition) is 2. The molecule has 3 aromatic rings. The fourth-order valence-electron chi connectivity index (χ4n) is 2.72. The first kappa shape index (κ1) is 19.5. The summed E-state index contributed by atoms with van der Waals surface area (Å²) < 4.78 is 37.9. The van der Waals surface area contributed by atoms with E-state index in [1.165, 1.54) is 13.2 Å². The Morgan fingerprint density at radius 1 is 1.00 bits per heavy atom. The molecule has 0 saturated heterocycles. The Kier molecular flexibility index (Phi) is 5.70. The van der Waals surface area contributed by atoms with Gasteiger partial charge in [0.25, 0.3) is 10.0 Å². The van der Waals surface area contributed by atoms with Crippen LogP contribution in [-0.4, -0.2) is 28.6 Å². The first-order valence-corrected chi connectivity index (χ1v) is 9.93. The second-order valence-electron chi connectivity index (χ2n) is 5.99. The molecule has 0 radical (unpaired) electrons. The highest BCUT2D eigenvalue weighted by molar-refractivity contribution is 7.90. The molecule has 0 spiro atoms. The van der Waals surface area contributed by atoms with E-state index in [1.54, 1.807) is 37.4 Å². The number of nitrogens with one attached hydrogen (secondary N) is 1. The van der Waals surface area contributed by atoms with E-state index in [-0.39, 0.29) is 17.4 Å². The zero-order valence-corrected chi connectivity index (χ0v) is 16.4. The van der Waals surface area contributed by atoms with Gasteiger partial charge in [0, 0.05) is 11.6 Å². The van der Waals surface area contributed by atoms with Gasteiger partial charge in [0.05, 0.1) is 25.7 Å². The molecular weight excluding hydrogens is 378 g/mol. The van der Waals surface area contributed by atoms with Crippen molar-refractivity contribution in [3.8, 4) is 11.5 Å². The number of rotatable bonds is 6. The van der Waals surface area contributed by atoms with Crippen LogP contribution in [0.3, 0.4) is 0 Å². The molecule has 0 aliphatic carbocycles. The van der Waals surface area contributed by atoms with Crippen LogP contribution in [0.25, 0.3) is 10.8 Å². The van der Waals surface area contributed by atoms with E-state index in [0.29, 0.717) is 11.5 Å². The molecule has 0 fully saturated rings. The van der Waals surface area contributed by atoms with E-state index in [4.69, 9.17) is 15.2 Å². The monoisotopic (exact) mass is 399 g/mol. The fourth-order valence-corrected chi connectivity index (χ4v) is 3.70. The standard InChI is InChI=1S/C20H21N3O4S/c1-26-17-9-7-16(19(12-17)27-2)13-22-20(21)23-28(24,25)18-10-8-14-5-3-4-6-15(14)11-18/h3-12H,13H2,1-2H3,(H3,21,22,23). The number of fused-ring (bicyclic) bond motifs is 1. The van der Waals surface area contributed by atoms with Crippen LogP contribution in [-0.2, 0) is 16.6 Å². The molecule has 0 aliphatic heterocycles. The largest absolute Gasteiger partial charge is 0.497 e. The van der Waals surface area contributed by atoms with Crippen molar-refractivity contribution < 1.29 is 17.9 Å². The summed E-state index contributed by atoms with van der Waals surface area (Å²) in [5, 5.41) is 1.78. The smallest absolute Gasteiger partial charge is 0.264 e. The number of nitrogens with zero attached hydrogens (tertiary/aromatic N) is 1. The normalized spacial score (nSPS) is 12.0. The maximum atomic E-state index is 12.6. The van der Waals surface area contributed by atoms with Crippen molar-refractivity contribution in [2.75, 3.05) is 14.2 Å². The van der Waals surface area contributed by atoms with Gasteiger partial charge in [-0.1, -0.05) is 30.3 Å². The van der Waals surface area contributed by atoms with Gasteiger partial charge >= 0.3 is 0 Å². The molecule has 0 amide bonds. The Bertz CT molecular complexity index is 1130. The summed E-state index contributed by atoms with van der Waals surface area (Å²) in [6, 6.07) is 17.7. The maximum absolute atomic E-state index is 12.6. The lowest BCUT2D eigenvalue weighted by molar-refractivity contribution is 0.391. The van der Waals surface area contributed by atoms with Gasteiger partial charge in [-0.2, -0.15) is 0 Å². The van der Waals surface area contributed by atoms with Gasteiger partial charge in [0.1, 0.15) is 11.5 Å². The van der Waals surface area contributed by atoms with Crippen molar-refractivity contribution in [1.82, 2.24) is 4.72 Å². The molecule has 0 atom stereocenters. The molecule has 146 valence electrons. The van der Waals surface area contributed by atoms with Gasteiger partial charge in [-0.3, -0.25) is 0 Å². The number of aliphatic imine (C=N–C) groups is 1. The maximum Gasteiger partial charge on any atom is 0.264 e. The molecule has 3 aromatic carbocycles. The Morgan fingerprint density at radius 3 is 2.46 bits per heavy atom. The summed E-state index contributed by atoms with van der Waals surface area (Å²) in [4.78, 5) is 4.23. The summed E-state index contributed by atoms with van der Waals surface area (Å²) in [5.41, 5.74) is 6.55. The van der Waals surface area contributed by atoms with Gasteiger partial charge in [0.2, 0.25) is 5.96 Å². The molecule has 8 heteroatoms. The molecule has 7 nitrogen and oxygen atoms in total. The third-order valence-electron chi connectivity index (χ3n) is 4.18. The van der Waals surface area contributed by atoms with Crippen LogP contribution in [0.2, 0.25) is 0 Å². The van der Waals surface area contributed by atoms with Crippen LogP contribution >= 0.6 is 0 Å². The average Bonchev–Trinajstić information content (AvgIpc) is 2.71. The quantitative estimate of drug-likeness (QED) is 0.490. The third kappa shape index (κ3) is 4.34. The van der Waals surface area contributed by atoms with Crippen LogP contribution in [0.5, 0.6) is 11.5 Å². The van der Waals surface area contributed by atoms with Crippen molar-refractivity contribution in [3.05, 3.63) is 66.2 Å². The Morgan fingerprint density at radius 2 is 1.75 bits per heavy atom. The van der Waals surface area contributed by atoms with Gasteiger partial charge < -0.3 is 15.2 Å². The number of methoxy groups -OCH3 is 2. The van der Waals surface area contributed by atoms with Crippen LogP contribution in [0, 0.1) is 0 Å². The summed E-state index contributed by atoms with van der Waals surface area (Å²) in [6.07, 6.45) is 0. The summed E-state index contributed by atoms with van der Waals surface area (Å²) in [6.45, 7) is 0.152. The first-order chi connectivity index (χ1) is 13.4. The molecule has 28 heavy (non-hydrogen) atoms. The molecule has 0 bridgehead atoms. The van der Waals surface area contributed by atoms with Crippen molar-refractivity contribution in [3.63, 3.8) is 0 Å². The number of nitrogens with two attached hydrogens (primary N) is 1. The number of ether oxygens (including phenoxy) is 2. The molecule has 0 unspecified atom stereocenters. The lowest BCUT2D eigenvalue weighted by Crippen LogP contribution is -2.36. The predicted octanol–water partition coefficient (Wildman–Crippen LogP) is 2.65. The minimum absolute atomic E-state index is 0.117. The predicted molar refractivity (Wildman–Crippen MR) is 109 cm³/mol. The average molecular weight is 399 g/mol. The zero-order valence-electron chi connectivity index (χ0n) is 15.5. The molecular formula is C20H21N3O4S. The van der Waals surface area contributed by atoms with Crippen LogP contribution in [0.1, 0.15) is 5.56 Å². The number of sulfonamides is 1. The van der Waals surface area contributed by atoms with Crippen molar-refractivity contribution in [2.45, 2.75) is 11.4 Å². The van der Waals surface area contributed by atoms with Crippen molar-refractivity contribution in [2.24, 2.45) is 10.7 Å². The van der Waals surface area contributed by atoms with Gasteiger partial charge in [-0.15, -0.1) is 0 Å². The first-order valence-electron chi connectivity index (χ1n) is 8.45. The van der Waals surface area contributed by atoms with E-state index in [1.807, 2.05) is 24.3 Å². The zero-order chi connectivity index (χ0) is 20.1. The van der Waals surface area contributed by atoms with Gasteiger partial charge in [-0.25, -0.2) is 18.1 Å². The molecule has 3 rings (SSSR count). The molecule has 3 N–H and O–H groups in total. The lowest BCUT2D eigenvalue weighted by Gasteiger charge is -2.10. The molecule has 0 heterocycles. The third-order valence-corrected chi connectivity index (χ3v) is 5.54. The van der Waals surface area contributed by atoms with Gasteiger partial charge in [0.15, 0.2) is 0 Å². The van der Waals surface area contributed by atoms with Crippen molar-refractivity contribution in [1.29, 1.82) is 0 Å². The summed E-state index contributed by atoms with van der Waals surface area (Å²) in [5.74, 6) is 1.02. The van der Waals surface area contributed by atoms with E-state index in [2.05, 4.69) is 9.71 Å². The van der Waals surface area contributed by atoms with Crippen LogP contribution in [0.4, 0.5) is 0 Å². The van der Waals surface area contributed by atoms with E-state index in [0.717, 1.165) is 16.3 Å². The summed E-state index contributed by atoms with van der Waals surface area (Å²) >= 11 is 0. The lowest BCUT2D eigenvalue weighted by atomic mass is 10.1. The number of hydrogen-bond acceptors (Lipinski definition) is 5. The molecule has 0 aromatic heterocycles. The van der Waals surface area contributed by atoms with Crippen LogP contribution in [0.15, 0.2) is 70.6 Å². The molecule has 0 saturated carbocycles. The van der Waals surface area contributed by atoms with E-state index >= 15 is 0 Å². The van der Waals surface area contributed by atoms with Crippen LogP contribution < -0.4 is 19.9 Å². The highest BCUT2D eigenvalue weighted by atomic mass is 32.2. The fraction of sp³-hybridized carbons (Fsp3) is 0.150. The summed E-state index contributed by atoms with van der Waals surface area (Å²) in [7, 11) is -0.742. The number of benzene rings is 3. The van der Waals surface area contributed by atoms with Gasteiger partial charge in [-0.05, 0) is 35.0 Å². The highest BCUT2D eigenvalue weighted by Crippen LogP contribution is 2.25. The topological polar surface area (TPSA) is 103 Å². The van der Waals surface area contributed by atoms with E-state index in [9.17, 15) is 8.42 Å². The highest BCUT2D eigenvalue weighted by Gasteiger charge is 2.15. The number of guanidine groups is 1. The Balaban J connectivity index is 1.78. The second kappa shape index (κ2) is 8.18.